The van der Waals surface area contributed by atoms with Gasteiger partial charge < -0.3 is 15.3 Å². The van der Waals surface area contributed by atoms with E-state index in [1.807, 2.05) is 24.3 Å². The van der Waals surface area contributed by atoms with E-state index in [-0.39, 0.29) is 25.0 Å². The van der Waals surface area contributed by atoms with Gasteiger partial charge in [0, 0.05) is 32.5 Å². The highest BCUT2D eigenvalue weighted by Crippen LogP contribution is 2.07. The molecule has 2 N–H and O–H groups in total. The Morgan fingerprint density at radius 2 is 2.14 bits per heavy atom. The lowest BCUT2D eigenvalue weighted by Gasteiger charge is -2.17. The van der Waals surface area contributed by atoms with Crippen molar-refractivity contribution in [3.63, 3.8) is 0 Å². The highest BCUT2D eigenvalue weighted by Gasteiger charge is 2.09. The summed E-state index contributed by atoms with van der Waals surface area (Å²) in [5.41, 5.74) is 1.81. The van der Waals surface area contributed by atoms with E-state index < -0.39 is 0 Å². The number of carbonyl (C=O) groups is 2. The topological polar surface area (TPSA) is 69.6 Å². The minimum atomic E-state index is -0.224. The number of hydrogen-bond donors (Lipinski definition) is 2. The minimum Gasteiger partial charge on any atom is -0.395 e. The normalized spacial score (nSPS) is 9.48. The van der Waals surface area contributed by atoms with E-state index in [1.54, 1.807) is 11.9 Å². The molecule has 0 spiro atoms. The van der Waals surface area contributed by atoms with Gasteiger partial charge in [0.1, 0.15) is 0 Å². The molecule has 0 atom stereocenters. The Morgan fingerprint density at radius 1 is 1.38 bits per heavy atom. The van der Waals surface area contributed by atoms with Crippen molar-refractivity contribution in [1.82, 2.24) is 10.2 Å². The van der Waals surface area contributed by atoms with Crippen LogP contribution >= 0.6 is 0 Å². The summed E-state index contributed by atoms with van der Waals surface area (Å²) in [6.07, 6.45) is 0.444. The van der Waals surface area contributed by atoms with Crippen molar-refractivity contribution in [1.29, 1.82) is 0 Å². The van der Waals surface area contributed by atoms with Crippen molar-refractivity contribution in [2.24, 2.45) is 0 Å². The molecule has 1 rings (SSSR count). The highest BCUT2D eigenvalue weighted by atomic mass is 16.2. The van der Waals surface area contributed by atoms with Crippen molar-refractivity contribution >= 4 is 11.8 Å². The SMILES string of the molecule is CC(=O)NCC(=O)N(C)Cc1cccc(C#CCCO)c1. The maximum absolute atomic E-state index is 11.8. The summed E-state index contributed by atoms with van der Waals surface area (Å²) in [5.74, 6) is 5.44. The molecule has 21 heavy (non-hydrogen) atoms. The maximum Gasteiger partial charge on any atom is 0.242 e. The van der Waals surface area contributed by atoms with Crippen LogP contribution in [0, 0.1) is 11.8 Å². The van der Waals surface area contributed by atoms with E-state index in [0.29, 0.717) is 13.0 Å². The van der Waals surface area contributed by atoms with Crippen LogP contribution in [0.1, 0.15) is 24.5 Å². The van der Waals surface area contributed by atoms with Crippen LogP contribution in [0.3, 0.4) is 0 Å². The summed E-state index contributed by atoms with van der Waals surface area (Å²) in [6.45, 7) is 1.88. The molecule has 112 valence electrons. The van der Waals surface area contributed by atoms with Crippen molar-refractivity contribution in [3.8, 4) is 11.8 Å². The third-order valence-corrected chi connectivity index (χ3v) is 2.73. The molecular weight excluding hydrogens is 268 g/mol. The van der Waals surface area contributed by atoms with Gasteiger partial charge in [-0.3, -0.25) is 9.59 Å². The van der Waals surface area contributed by atoms with Crippen molar-refractivity contribution in [2.75, 3.05) is 20.2 Å². The van der Waals surface area contributed by atoms with E-state index in [9.17, 15) is 9.59 Å². The van der Waals surface area contributed by atoms with Crippen LogP contribution in [0.4, 0.5) is 0 Å². The fourth-order valence-electron chi connectivity index (χ4n) is 1.66. The van der Waals surface area contributed by atoms with Crippen LogP contribution in [0.5, 0.6) is 0 Å². The number of nitrogens with one attached hydrogen (secondary N) is 1. The molecule has 0 aliphatic heterocycles. The van der Waals surface area contributed by atoms with E-state index in [2.05, 4.69) is 17.2 Å². The van der Waals surface area contributed by atoms with Gasteiger partial charge in [-0.15, -0.1) is 0 Å². The molecule has 0 fully saturated rings. The first-order valence-corrected chi connectivity index (χ1v) is 6.70. The fraction of sp³-hybridized carbons (Fsp3) is 0.375. The van der Waals surface area contributed by atoms with Crippen LogP contribution in [-0.4, -0.2) is 42.0 Å². The molecule has 0 unspecified atom stereocenters. The number of rotatable bonds is 5. The lowest BCUT2D eigenvalue weighted by atomic mass is 10.1. The zero-order valence-electron chi connectivity index (χ0n) is 12.3. The molecule has 5 heteroatoms. The third-order valence-electron chi connectivity index (χ3n) is 2.73. The molecule has 0 bridgehead atoms. The number of hydrogen-bond acceptors (Lipinski definition) is 3. The van der Waals surface area contributed by atoms with Gasteiger partial charge in [-0.05, 0) is 17.7 Å². The van der Waals surface area contributed by atoms with Crippen molar-refractivity contribution in [2.45, 2.75) is 19.9 Å². The van der Waals surface area contributed by atoms with Gasteiger partial charge in [0.25, 0.3) is 0 Å². The Kier molecular flexibility index (Phi) is 6.99. The van der Waals surface area contributed by atoms with Crippen LogP contribution in [0.15, 0.2) is 24.3 Å². The second kappa shape index (κ2) is 8.77. The smallest absolute Gasteiger partial charge is 0.242 e. The predicted octanol–water partition coefficient (Wildman–Crippen LogP) is 0.515. The van der Waals surface area contributed by atoms with Crippen molar-refractivity contribution in [3.05, 3.63) is 35.4 Å². The Bertz CT molecular complexity index is 558. The molecule has 0 aromatic heterocycles. The highest BCUT2D eigenvalue weighted by molar-refractivity contribution is 5.83. The number of aliphatic hydroxyl groups excluding tert-OH is 1. The lowest BCUT2D eigenvalue weighted by Crippen LogP contribution is -2.36. The first-order chi connectivity index (χ1) is 10.0. The van der Waals surface area contributed by atoms with Gasteiger partial charge in [0.2, 0.25) is 11.8 Å². The zero-order chi connectivity index (χ0) is 15.7. The molecule has 2 amide bonds. The van der Waals surface area contributed by atoms with Gasteiger partial charge in [-0.25, -0.2) is 0 Å². The molecule has 0 saturated carbocycles. The second-order valence-electron chi connectivity index (χ2n) is 4.64. The van der Waals surface area contributed by atoms with E-state index >= 15 is 0 Å². The zero-order valence-corrected chi connectivity index (χ0v) is 12.3. The van der Waals surface area contributed by atoms with Gasteiger partial charge in [0.15, 0.2) is 0 Å². The van der Waals surface area contributed by atoms with Gasteiger partial charge in [-0.2, -0.15) is 0 Å². The Labute approximate surface area is 125 Å². The van der Waals surface area contributed by atoms with Crippen LogP contribution in [0.2, 0.25) is 0 Å². The Hall–Kier alpha value is -2.32. The van der Waals surface area contributed by atoms with E-state index in [1.165, 1.54) is 6.92 Å². The first-order valence-electron chi connectivity index (χ1n) is 6.70. The fourth-order valence-corrected chi connectivity index (χ4v) is 1.66. The summed E-state index contributed by atoms with van der Waals surface area (Å²) >= 11 is 0. The number of benzene rings is 1. The van der Waals surface area contributed by atoms with Crippen molar-refractivity contribution < 1.29 is 14.7 Å². The molecule has 0 saturated heterocycles. The van der Waals surface area contributed by atoms with Gasteiger partial charge >= 0.3 is 0 Å². The lowest BCUT2D eigenvalue weighted by molar-refractivity contribution is -0.131. The number of aliphatic hydroxyl groups is 1. The molecule has 0 aliphatic rings. The van der Waals surface area contributed by atoms with E-state index in [4.69, 9.17) is 5.11 Å². The molecular formula is C16H20N2O3. The predicted molar refractivity (Wildman–Crippen MR) is 80.2 cm³/mol. The Morgan fingerprint density at radius 3 is 2.81 bits per heavy atom. The Balaban J connectivity index is 2.62. The largest absolute Gasteiger partial charge is 0.395 e. The summed E-state index contributed by atoms with van der Waals surface area (Å²) in [5, 5.41) is 11.2. The molecule has 5 nitrogen and oxygen atoms in total. The maximum atomic E-state index is 11.8. The standard InChI is InChI=1S/C16H20N2O3/c1-13(20)17-11-16(21)18(2)12-15-8-5-7-14(10-15)6-3-4-9-19/h5,7-8,10,19H,4,9,11-12H2,1-2H3,(H,17,20). The number of likely N-dealkylation sites (N-methyl/N-ethyl adjacent to an activating group) is 1. The van der Waals surface area contributed by atoms with Crippen LogP contribution in [-0.2, 0) is 16.1 Å². The van der Waals surface area contributed by atoms with Crippen LogP contribution in [0.25, 0.3) is 0 Å². The third kappa shape index (κ3) is 6.59. The van der Waals surface area contributed by atoms with Gasteiger partial charge in [0.05, 0.1) is 13.2 Å². The minimum absolute atomic E-state index is 0.00182. The summed E-state index contributed by atoms with van der Waals surface area (Å²) < 4.78 is 0. The number of nitrogens with zero attached hydrogens (tertiary/aromatic N) is 1. The summed E-state index contributed by atoms with van der Waals surface area (Å²) in [4.78, 5) is 24.1. The quantitative estimate of drug-likeness (QED) is 0.776. The summed E-state index contributed by atoms with van der Waals surface area (Å²) in [7, 11) is 1.69. The second-order valence-corrected chi connectivity index (χ2v) is 4.64. The summed E-state index contributed by atoms with van der Waals surface area (Å²) in [6, 6.07) is 7.59. The molecule has 0 radical (unpaired) electrons. The molecule has 0 aliphatic carbocycles. The number of carbonyl (C=O) groups excluding carboxylic acids is 2. The van der Waals surface area contributed by atoms with Crippen LogP contribution < -0.4 is 5.32 Å². The average Bonchev–Trinajstić information content (AvgIpc) is 2.45. The molecule has 1 aromatic carbocycles. The first kappa shape index (κ1) is 16.7. The molecule has 1 aromatic rings. The molecule has 0 heterocycles. The average molecular weight is 288 g/mol. The van der Waals surface area contributed by atoms with E-state index in [0.717, 1.165) is 11.1 Å². The monoisotopic (exact) mass is 288 g/mol. The van der Waals surface area contributed by atoms with Gasteiger partial charge in [-0.1, -0.05) is 24.0 Å². The number of amides is 2.